The summed E-state index contributed by atoms with van der Waals surface area (Å²) in [6, 6.07) is 1.51. The lowest BCUT2D eigenvalue weighted by Gasteiger charge is -2.34. The number of sulfonamides is 1. The smallest absolute Gasteiger partial charge is 0.356 e. The minimum atomic E-state index is -3.68. The number of hydrogen-bond acceptors (Lipinski definition) is 6. The molecule has 2 aliphatic rings. The molecule has 0 amide bonds. The molecule has 0 unspecified atom stereocenters. The summed E-state index contributed by atoms with van der Waals surface area (Å²) >= 11 is 0. The van der Waals surface area contributed by atoms with E-state index < -0.39 is 28.4 Å². The van der Waals surface area contributed by atoms with E-state index in [0.717, 1.165) is 25.9 Å². The number of nitrogens with one attached hydrogen (secondary N) is 1. The van der Waals surface area contributed by atoms with Crippen molar-refractivity contribution in [2.24, 2.45) is 5.41 Å². The van der Waals surface area contributed by atoms with Gasteiger partial charge >= 0.3 is 5.97 Å². The van der Waals surface area contributed by atoms with Crippen LogP contribution >= 0.6 is 0 Å². The Kier molecular flexibility index (Phi) is 4.39. The van der Waals surface area contributed by atoms with E-state index in [-0.39, 0.29) is 11.4 Å². The second-order valence-corrected chi connectivity index (χ2v) is 8.37. The molecule has 3 rings (SSSR count). The normalized spacial score (nSPS) is 19.3. The van der Waals surface area contributed by atoms with Crippen LogP contribution in [0.25, 0.3) is 0 Å². The number of hydrogen-bond donors (Lipinski definition) is 3. The minimum Gasteiger partial charge on any atom is -0.476 e. The first-order chi connectivity index (χ1) is 11.3. The van der Waals surface area contributed by atoms with E-state index in [4.69, 9.17) is 5.11 Å². The molecule has 0 radical (unpaired) electrons. The molecule has 1 aliphatic heterocycles. The number of aromatic carboxylic acids is 1. The molecule has 8 nitrogen and oxygen atoms in total. The fourth-order valence-corrected chi connectivity index (χ4v) is 3.98. The van der Waals surface area contributed by atoms with Gasteiger partial charge in [0.1, 0.15) is 0 Å². The zero-order chi connectivity index (χ0) is 17.4. The lowest BCUT2D eigenvalue weighted by Crippen LogP contribution is -2.35. The van der Waals surface area contributed by atoms with Crippen molar-refractivity contribution in [2.75, 3.05) is 35.1 Å². The molecular weight excluding hydrogens is 334 g/mol. The van der Waals surface area contributed by atoms with E-state index in [1.165, 1.54) is 25.1 Å². The van der Waals surface area contributed by atoms with Crippen molar-refractivity contribution in [1.82, 2.24) is 4.98 Å². The maximum Gasteiger partial charge on any atom is 0.356 e. The van der Waals surface area contributed by atoms with E-state index >= 15 is 0 Å². The Morgan fingerprint density at radius 2 is 1.96 bits per heavy atom. The summed E-state index contributed by atoms with van der Waals surface area (Å²) in [4.78, 5) is 17.3. The van der Waals surface area contributed by atoms with E-state index in [9.17, 15) is 18.3 Å². The van der Waals surface area contributed by atoms with Gasteiger partial charge in [0, 0.05) is 13.1 Å². The average molecular weight is 355 g/mol. The van der Waals surface area contributed by atoms with Gasteiger partial charge in [-0.1, -0.05) is 0 Å². The molecule has 0 bridgehead atoms. The first-order valence-corrected chi connectivity index (χ1v) is 9.59. The van der Waals surface area contributed by atoms with Gasteiger partial charge in [0.05, 0.1) is 29.9 Å². The molecule has 2 heterocycles. The van der Waals surface area contributed by atoms with Gasteiger partial charge in [-0.05, 0) is 37.2 Å². The summed E-state index contributed by atoms with van der Waals surface area (Å²) in [6.07, 6.45) is 5.71. The maximum atomic E-state index is 11.8. The molecule has 1 aromatic rings. The van der Waals surface area contributed by atoms with Crippen LogP contribution in [0.15, 0.2) is 12.3 Å². The van der Waals surface area contributed by atoms with Crippen LogP contribution in [0.3, 0.4) is 0 Å². The number of carbonyl (C=O) groups is 1. The molecule has 1 spiro atoms. The number of aromatic nitrogens is 1. The molecule has 1 aliphatic carbocycles. The zero-order valence-corrected chi connectivity index (χ0v) is 14.0. The number of anilines is 2. The van der Waals surface area contributed by atoms with Gasteiger partial charge in [-0.3, -0.25) is 4.72 Å². The number of pyridine rings is 1. The van der Waals surface area contributed by atoms with Gasteiger partial charge in [-0.15, -0.1) is 0 Å². The molecule has 3 N–H and O–H groups in total. The van der Waals surface area contributed by atoms with Gasteiger partial charge in [0.25, 0.3) is 0 Å². The molecule has 24 heavy (non-hydrogen) atoms. The number of rotatable bonds is 6. The molecule has 1 saturated carbocycles. The van der Waals surface area contributed by atoms with Crippen LogP contribution in [0.4, 0.5) is 11.4 Å². The molecule has 1 aromatic heterocycles. The van der Waals surface area contributed by atoms with Crippen molar-refractivity contribution in [3.8, 4) is 0 Å². The van der Waals surface area contributed by atoms with Crippen molar-refractivity contribution in [1.29, 1.82) is 0 Å². The van der Waals surface area contributed by atoms with Gasteiger partial charge in [-0.25, -0.2) is 18.2 Å². The van der Waals surface area contributed by atoms with Gasteiger partial charge in [0.15, 0.2) is 5.69 Å². The van der Waals surface area contributed by atoms with Crippen LogP contribution in [0, 0.1) is 5.41 Å². The standard InChI is InChI=1S/C15H21N3O5S/c19-7-8-24(22,23)17-11-9-12(13(14(20)21)16-10-11)18-5-3-15(1-2-15)4-6-18/h9-10,17,19H,1-8H2,(H,20,21). The Hall–Kier alpha value is -1.87. The van der Waals surface area contributed by atoms with Crippen LogP contribution in [-0.4, -0.2) is 55.0 Å². The van der Waals surface area contributed by atoms with Crippen LogP contribution < -0.4 is 9.62 Å². The van der Waals surface area contributed by atoms with Crippen molar-refractivity contribution in [2.45, 2.75) is 25.7 Å². The summed E-state index contributed by atoms with van der Waals surface area (Å²) in [6.45, 7) is 1.00. The summed E-state index contributed by atoms with van der Waals surface area (Å²) in [7, 11) is -3.68. The van der Waals surface area contributed by atoms with Crippen molar-refractivity contribution >= 4 is 27.4 Å². The molecule has 9 heteroatoms. The number of carboxylic acids is 1. The largest absolute Gasteiger partial charge is 0.476 e. The number of aliphatic hydroxyl groups is 1. The Labute approximate surface area is 140 Å². The number of piperidine rings is 1. The van der Waals surface area contributed by atoms with Crippen molar-refractivity contribution in [3.05, 3.63) is 18.0 Å². The first-order valence-electron chi connectivity index (χ1n) is 7.94. The topological polar surface area (TPSA) is 120 Å². The molecule has 0 aromatic carbocycles. The van der Waals surface area contributed by atoms with Crippen LogP contribution in [0.2, 0.25) is 0 Å². The van der Waals surface area contributed by atoms with Gasteiger partial charge < -0.3 is 15.1 Å². The van der Waals surface area contributed by atoms with Crippen molar-refractivity contribution < 1.29 is 23.4 Å². The third kappa shape index (κ3) is 3.62. The third-order valence-electron chi connectivity index (χ3n) is 4.83. The molecule has 0 atom stereocenters. The fraction of sp³-hybridized carbons (Fsp3) is 0.600. The van der Waals surface area contributed by atoms with Crippen molar-refractivity contribution in [3.63, 3.8) is 0 Å². The summed E-state index contributed by atoms with van der Waals surface area (Å²) < 4.78 is 25.9. The monoisotopic (exact) mass is 355 g/mol. The van der Waals surface area contributed by atoms with E-state index in [1.54, 1.807) is 0 Å². The Balaban J connectivity index is 1.85. The highest BCUT2D eigenvalue weighted by Crippen LogP contribution is 2.54. The highest BCUT2D eigenvalue weighted by molar-refractivity contribution is 7.92. The van der Waals surface area contributed by atoms with E-state index in [1.807, 2.05) is 4.90 Å². The highest BCUT2D eigenvalue weighted by Gasteiger charge is 2.44. The van der Waals surface area contributed by atoms with Crippen LogP contribution in [0.1, 0.15) is 36.2 Å². The van der Waals surface area contributed by atoms with Crippen LogP contribution in [0.5, 0.6) is 0 Å². The predicted molar refractivity (Wildman–Crippen MR) is 88.8 cm³/mol. The maximum absolute atomic E-state index is 11.8. The number of aliphatic hydroxyl groups excluding tert-OH is 1. The summed E-state index contributed by atoms with van der Waals surface area (Å²) in [5.41, 5.74) is 1.01. The quantitative estimate of drug-likeness (QED) is 0.693. The fourth-order valence-electron chi connectivity index (χ4n) is 3.16. The number of nitrogens with zero attached hydrogens (tertiary/aromatic N) is 2. The Bertz CT molecular complexity index is 735. The summed E-state index contributed by atoms with van der Waals surface area (Å²) in [5.74, 6) is -1.56. The highest BCUT2D eigenvalue weighted by atomic mass is 32.2. The molecule has 1 saturated heterocycles. The predicted octanol–water partition coefficient (Wildman–Crippen LogP) is 0.894. The molecule has 132 valence electrons. The summed E-state index contributed by atoms with van der Waals surface area (Å²) in [5, 5.41) is 18.1. The van der Waals surface area contributed by atoms with Gasteiger partial charge in [0.2, 0.25) is 10.0 Å². The van der Waals surface area contributed by atoms with Gasteiger partial charge in [-0.2, -0.15) is 0 Å². The number of carboxylic acid groups (broad SMARTS) is 1. The third-order valence-corrected chi connectivity index (χ3v) is 6.09. The Morgan fingerprint density at radius 1 is 1.29 bits per heavy atom. The Morgan fingerprint density at radius 3 is 2.50 bits per heavy atom. The first kappa shape index (κ1) is 17.0. The lowest BCUT2D eigenvalue weighted by molar-refractivity contribution is 0.0691. The second-order valence-electron chi connectivity index (χ2n) is 6.53. The van der Waals surface area contributed by atoms with E-state index in [0.29, 0.717) is 11.1 Å². The molecular formula is C15H21N3O5S. The SMILES string of the molecule is O=C(O)c1ncc(NS(=O)(=O)CCO)cc1N1CCC2(CC1)CC2. The van der Waals surface area contributed by atoms with Crippen LogP contribution in [-0.2, 0) is 10.0 Å². The zero-order valence-electron chi connectivity index (χ0n) is 13.2. The minimum absolute atomic E-state index is 0.0770. The molecule has 2 fully saturated rings. The average Bonchev–Trinajstić information content (AvgIpc) is 3.26. The van der Waals surface area contributed by atoms with E-state index in [2.05, 4.69) is 9.71 Å². The lowest BCUT2D eigenvalue weighted by atomic mass is 9.93. The second kappa shape index (κ2) is 6.21.